The van der Waals surface area contributed by atoms with Gasteiger partial charge in [-0.1, -0.05) is 11.6 Å². The van der Waals surface area contributed by atoms with Crippen LogP contribution >= 0.6 is 11.6 Å². The normalized spacial score (nSPS) is 16.8. The third-order valence-corrected chi connectivity index (χ3v) is 6.93. The highest BCUT2D eigenvalue weighted by molar-refractivity contribution is 6.35. The largest absolute Gasteiger partial charge is 0.382 e. The lowest BCUT2D eigenvalue weighted by Crippen LogP contribution is -2.43. The van der Waals surface area contributed by atoms with Gasteiger partial charge in [-0.25, -0.2) is 4.39 Å². The molecule has 2 N–H and O–H groups in total. The van der Waals surface area contributed by atoms with Crippen LogP contribution in [0.1, 0.15) is 45.1 Å². The molecule has 10 heteroatoms. The fraction of sp³-hybridized carbons (Fsp3) is 0.409. The Labute approximate surface area is 188 Å². The van der Waals surface area contributed by atoms with Gasteiger partial charge in [0.25, 0.3) is 11.8 Å². The van der Waals surface area contributed by atoms with Gasteiger partial charge in [0.2, 0.25) is 0 Å². The van der Waals surface area contributed by atoms with Crippen molar-refractivity contribution >= 4 is 34.3 Å². The van der Waals surface area contributed by atoms with Gasteiger partial charge in [0.15, 0.2) is 5.69 Å². The molecule has 168 valence electrons. The van der Waals surface area contributed by atoms with E-state index in [1.807, 2.05) is 0 Å². The van der Waals surface area contributed by atoms with Crippen LogP contribution in [0.25, 0.3) is 10.9 Å². The van der Waals surface area contributed by atoms with E-state index >= 15 is 0 Å². The monoisotopic (exact) mass is 459 g/mol. The van der Waals surface area contributed by atoms with E-state index < -0.39 is 5.82 Å². The summed E-state index contributed by atoms with van der Waals surface area (Å²) in [6.07, 6.45) is 2.32. The van der Waals surface area contributed by atoms with Crippen LogP contribution in [0.3, 0.4) is 0 Å². The number of carbonyl (C=O) groups is 2. The third-order valence-electron chi connectivity index (χ3n) is 6.60. The lowest BCUT2D eigenvalue weighted by molar-refractivity contribution is 0.0541. The summed E-state index contributed by atoms with van der Waals surface area (Å²) >= 11 is 6.16. The number of ether oxygens (including phenoxy) is 1. The first-order valence-corrected chi connectivity index (χ1v) is 10.8. The van der Waals surface area contributed by atoms with Gasteiger partial charge in [0, 0.05) is 43.8 Å². The molecule has 8 nitrogen and oxygen atoms in total. The van der Waals surface area contributed by atoms with E-state index in [1.54, 1.807) is 30.0 Å². The molecule has 2 aliphatic rings. The van der Waals surface area contributed by atoms with Crippen LogP contribution in [-0.4, -0.2) is 69.6 Å². The Balaban J connectivity index is 1.40. The zero-order valence-corrected chi connectivity index (χ0v) is 18.6. The molecule has 2 amide bonds. The number of H-pyrrole nitrogens is 2. The number of hydrogen-bond donors (Lipinski definition) is 2. The Bertz CT molecular complexity index is 1190. The number of nitrogens with zero attached hydrogens (tertiary/aromatic N) is 3. The molecule has 0 spiro atoms. The maximum atomic E-state index is 14.1. The molecular weight excluding hydrogens is 437 g/mol. The molecule has 0 bridgehead atoms. The fourth-order valence-electron chi connectivity index (χ4n) is 4.45. The van der Waals surface area contributed by atoms with Crippen LogP contribution in [0, 0.1) is 5.82 Å². The Morgan fingerprint density at radius 3 is 2.84 bits per heavy atom. The highest BCUT2D eigenvalue weighted by Crippen LogP contribution is 2.42. The van der Waals surface area contributed by atoms with Gasteiger partial charge in [0.05, 0.1) is 29.2 Å². The number of halogens is 2. The molecule has 1 aliphatic carbocycles. The number of aromatic nitrogens is 3. The minimum Gasteiger partial charge on any atom is -0.382 e. The van der Waals surface area contributed by atoms with Crippen LogP contribution in [0.4, 0.5) is 4.39 Å². The van der Waals surface area contributed by atoms with Crippen LogP contribution < -0.4 is 0 Å². The number of carbonyl (C=O) groups excluding carboxylic acids is 2. The van der Waals surface area contributed by atoms with E-state index in [4.69, 9.17) is 16.3 Å². The smallest absolute Gasteiger partial charge is 0.274 e. The van der Waals surface area contributed by atoms with Crippen molar-refractivity contribution in [2.75, 3.05) is 27.3 Å². The minimum atomic E-state index is -0.472. The van der Waals surface area contributed by atoms with Gasteiger partial charge in [-0.05, 0) is 31.0 Å². The number of rotatable bonds is 5. The molecule has 1 aromatic carbocycles. The van der Waals surface area contributed by atoms with Crippen molar-refractivity contribution in [2.45, 2.75) is 31.3 Å². The van der Waals surface area contributed by atoms with Gasteiger partial charge in [-0.2, -0.15) is 5.10 Å². The van der Waals surface area contributed by atoms with Crippen molar-refractivity contribution in [3.8, 4) is 0 Å². The fourth-order valence-corrected chi connectivity index (χ4v) is 4.66. The molecule has 1 aliphatic heterocycles. The van der Waals surface area contributed by atoms with Gasteiger partial charge >= 0.3 is 0 Å². The Kier molecular flexibility index (Phi) is 4.98. The first kappa shape index (κ1) is 21.0. The second kappa shape index (κ2) is 7.60. The average molecular weight is 460 g/mol. The summed E-state index contributed by atoms with van der Waals surface area (Å²) in [5.41, 5.74) is 2.07. The number of likely N-dealkylation sites (N-methyl/N-ethyl adjacent to an activating group) is 1. The first-order chi connectivity index (χ1) is 15.3. The van der Waals surface area contributed by atoms with Crippen molar-refractivity contribution in [3.63, 3.8) is 0 Å². The highest BCUT2D eigenvalue weighted by atomic mass is 35.5. The summed E-state index contributed by atoms with van der Waals surface area (Å²) < 4.78 is 19.4. The molecule has 3 aromatic rings. The maximum Gasteiger partial charge on any atom is 0.274 e. The standard InChI is InChI=1S/C22H23ClFN5O3/c1-28(22(6-7-22)11-32-2)21(31)19-13-10-29(8-5-16(13)26-27-19)20(30)17-9-12-14(23)3-4-15(24)18(12)25-17/h3-4,9,25H,5-8,10-11H2,1-2H3,(H,26,27). The predicted molar refractivity (Wildman–Crippen MR) is 116 cm³/mol. The summed E-state index contributed by atoms with van der Waals surface area (Å²) in [6.45, 7) is 1.17. The molecule has 1 fully saturated rings. The van der Waals surface area contributed by atoms with Crippen molar-refractivity contribution in [1.29, 1.82) is 0 Å². The van der Waals surface area contributed by atoms with E-state index in [9.17, 15) is 14.0 Å². The molecule has 3 heterocycles. The maximum absolute atomic E-state index is 14.1. The molecule has 5 rings (SSSR count). The van der Waals surface area contributed by atoms with Crippen LogP contribution in [0.5, 0.6) is 0 Å². The summed E-state index contributed by atoms with van der Waals surface area (Å²) in [4.78, 5) is 32.6. The zero-order valence-electron chi connectivity index (χ0n) is 17.8. The van der Waals surface area contributed by atoms with E-state index in [1.165, 1.54) is 12.1 Å². The quantitative estimate of drug-likeness (QED) is 0.613. The molecular formula is C22H23ClFN5O3. The van der Waals surface area contributed by atoms with E-state index in [0.29, 0.717) is 35.7 Å². The van der Waals surface area contributed by atoms with Crippen molar-refractivity contribution in [1.82, 2.24) is 25.0 Å². The first-order valence-electron chi connectivity index (χ1n) is 10.4. The Morgan fingerprint density at radius 1 is 1.38 bits per heavy atom. The Hall–Kier alpha value is -2.91. The van der Waals surface area contributed by atoms with E-state index in [-0.39, 0.29) is 35.1 Å². The number of hydrogen-bond acceptors (Lipinski definition) is 4. The molecule has 2 aromatic heterocycles. The van der Waals surface area contributed by atoms with E-state index in [0.717, 1.165) is 24.1 Å². The number of aromatic amines is 2. The lowest BCUT2D eigenvalue weighted by Gasteiger charge is -2.29. The predicted octanol–water partition coefficient (Wildman–Crippen LogP) is 3.13. The topological polar surface area (TPSA) is 94.3 Å². The molecule has 1 saturated carbocycles. The van der Waals surface area contributed by atoms with Crippen LogP contribution in [-0.2, 0) is 17.7 Å². The van der Waals surface area contributed by atoms with Gasteiger partial charge in [-0.3, -0.25) is 14.7 Å². The third kappa shape index (κ3) is 3.27. The number of fused-ring (bicyclic) bond motifs is 2. The SMILES string of the molecule is COCC1(N(C)C(=O)c2n[nH]c3c2CN(C(=O)c2cc4c(Cl)ccc(F)c4[nH]2)CC3)CC1. The number of nitrogens with one attached hydrogen (secondary N) is 2. The Morgan fingerprint density at radius 2 is 2.16 bits per heavy atom. The highest BCUT2D eigenvalue weighted by Gasteiger charge is 2.49. The van der Waals surface area contributed by atoms with Crippen molar-refractivity contribution in [2.24, 2.45) is 0 Å². The molecule has 0 saturated heterocycles. The number of amides is 2. The summed E-state index contributed by atoms with van der Waals surface area (Å²) in [5.74, 6) is -0.945. The van der Waals surface area contributed by atoms with Crippen LogP contribution in [0.15, 0.2) is 18.2 Å². The lowest BCUT2D eigenvalue weighted by atomic mass is 10.0. The molecule has 32 heavy (non-hydrogen) atoms. The summed E-state index contributed by atoms with van der Waals surface area (Å²) in [6, 6.07) is 4.29. The molecule has 0 unspecified atom stereocenters. The minimum absolute atomic E-state index is 0.189. The zero-order chi connectivity index (χ0) is 22.6. The second-order valence-corrected chi connectivity index (χ2v) is 8.94. The van der Waals surface area contributed by atoms with Crippen molar-refractivity contribution in [3.05, 3.63) is 51.7 Å². The van der Waals surface area contributed by atoms with Gasteiger partial charge in [0.1, 0.15) is 11.5 Å². The van der Waals surface area contributed by atoms with Gasteiger partial charge < -0.3 is 19.5 Å². The molecule has 0 radical (unpaired) electrons. The van der Waals surface area contributed by atoms with E-state index in [2.05, 4.69) is 15.2 Å². The summed E-state index contributed by atoms with van der Waals surface area (Å²) in [7, 11) is 3.39. The number of methoxy groups -OCH3 is 1. The van der Waals surface area contributed by atoms with Crippen molar-refractivity contribution < 1.29 is 18.7 Å². The second-order valence-electron chi connectivity index (χ2n) is 8.53. The molecule has 0 atom stereocenters. The number of benzene rings is 1. The summed E-state index contributed by atoms with van der Waals surface area (Å²) in [5, 5.41) is 8.06. The average Bonchev–Trinajstić information content (AvgIpc) is 3.24. The van der Waals surface area contributed by atoms with Crippen LogP contribution in [0.2, 0.25) is 5.02 Å². The van der Waals surface area contributed by atoms with Gasteiger partial charge in [-0.15, -0.1) is 0 Å².